The zero-order valence-electron chi connectivity index (χ0n) is 20.5. The lowest BCUT2D eigenvalue weighted by Crippen LogP contribution is -2.21. The molecule has 1 aliphatic rings. The van der Waals surface area contributed by atoms with Crippen LogP contribution in [0.2, 0.25) is 0 Å². The molecule has 2 atom stereocenters. The van der Waals surface area contributed by atoms with Crippen LogP contribution in [0.4, 0.5) is 0 Å². The van der Waals surface area contributed by atoms with Gasteiger partial charge < -0.3 is 14.2 Å². The van der Waals surface area contributed by atoms with Crippen LogP contribution in [0.15, 0.2) is 23.5 Å². The van der Waals surface area contributed by atoms with Crippen molar-refractivity contribution in [3.63, 3.8) is 0 Å². The second kappa shape index (κ2) is 16.5. The number of allylic oxidation sites excluding steroid dienone is 3. The van der Waals surface area contributed by atoms with E-state index in [-0.39, 0.29) is 29.9 Å². The van der Waals surface area contributed by atoms with Gasteiger partial charge in [-0.3, -0.25) is 14.4 Å². The van der Waals surface area contributed by atoms with Crippen molar-refractivity contribution in [3.8, 4) is 0 Å². The summed E-state index contributed by atoms with van der Waals surface area (Å²) in [7, 11) is 0. The van der Waals surface area contributed by atoms with Crippen LogP contribution >= 0.6 is 0 Å². The van der Waals surface area contributed by atoms with Gasteiger partial charge in [0.1, 0.15) is 11.9 Å². The maximum atomic E-state index is 11.6. The molecule has 1 saturated carbocycles. The molecule has 182 valence electrons. The highest BCUT2D eigenvalue weighted by molar-refractivity contribution is 5.69. The summed E-state index contributed by atoms with van der Waals surface area (Å²) in [6.45, 7) is 7.28. The van der Waals surface area contributed by atoms with Gasteiger partial charge >= 0.3 is 17.9 Å². The maximum Gasteiger partial charge on any atom is 0.307 e. The molecule has 0 radical (unpaired) electrons. The third-order valence-electron chi connectivity index (χ3n) is 5.70. The summed E-state index contributed by atoms with van der Waals surface area (Å²) in [6, 6.07) is 0. The number of carbonyl (C=O) groups is 3. The van der Waals surface area contributed by atoms with E-state index in [1.165, 1.54) is 19.4 Å². The van der Waals surface area contributed by atoms with E-state index >= 15 is 0 Å². The standard InChI is InChI=1S/C26H42O6/c1-5-7-10-13-23(31-20(3)27)18-16-22-17-19-25(32-21(4)28)24(22)14-11-8-9-12-15-26(29)30-6-2/h16,18,24-25H,5-15,17,19H2,1-4H3/t24-,25-/m1/s1. The van der Waals surface area contributed by atoms with Crippen LogP contribution in [0.3, 0.4) is 0 Å². The van der Waals surface area contributed by atoms with E-state index in [4.69, 9.17) is 14.2 Å². The Labute approximate surface area is 193 Å². The van der Waals surface area contributed by atoms with Gasteiger partial charge in [-0.1, -0.05) is 50.7 Å². The van der Waals surface area contributed by atoms with E-state index in [1.54, 1.807) is 0 Å². The minimum atomic E-state index is -0.297. The number of unbranched alkanes of at least 4 members (excludes halogenated alkanes) is 5. The fourth-order valence-electron chi connectivity index (χ4n) is 4.19. The van der Waals surface area contributed by atoms with Crippen LogP contribution in [0.5, 0.6) is 0 Å². The molecule has 0 bridgehead atoms. The minimum Gasteiger partial charge on any atom is -0.466 e. The summed E-state index contributed by atoms with van der Waals surface area (Å²) in [5.74, 6) is 0.223. The van der Waals surface area contributed by atoms with Crippen molar-refractivity contribution in [1.29, 1.82) is 0 Å². The van der Waals surface area contributed by atoms with Crippen molar-refractivity contribution in [3.05, 3.63) is 23.5 Å². The largest absolute Gasteiger partial charge is 0.466 e. The summed E-state index contributed by atoms with van der Waals surface area (Å²) in [5.41, 5.74) is 1.25. The zero-order chi connectivity index (χ0) is 23.8. The lowest BCUT2D eigenvalue weighted by Gasteiger charge is -2.20. The first-order chi connectivity index (χ1) is 15.4. The van der Waals surface area contributed by atoms with Crippen molar-refractivity contribution in [2.24, 2.45) is 5.92 Å². The zero-order valence-corrected chi connectivity index (χ0v) is 20.5. The Morgan fingerprint density at radius 1 is 0.938 bits per heavy atom. The van der Waals surface area contributed by atoms with Crippen LogP contribution in [-0.4, -0.2) is 30.6 Å². The summed E-state index contributed by atoms with van der Waals surface area (Å²) < 4.78 is 16.0. The van der Waals surface area contributed by atoms with Crippen LogP contribution in [-0.2, 0) is 28.6 Å². The number of rotatable bonds is 15. The quantitative estimate of drug-likeness (QED) is 0.128. The number of esters is 3. The van der Waals surface area contributed by atoms with Gasteiger partial charge in [0.25, 0.3) is 0 Å². The molecule has 0 aromatic carbocycles. The number of carbonyl (C=O) groups excluding carboxylic acids is 3. The molecule has 6 heteroatoms. The highest BCUT2D eigenvalue weighted by Crippen LogP contribution is 2.37. The number of hydrogen-bond donors (Lipinski definition) is 0. The van der Waals surface area contributed by atoms with Crippen LogP contribution < -0.4 is 0 Å². The topological polar surface area (TPSA) is 78.9 Å². The first kappa shape index (κ1) is 27.9. The van der Waals surface area contributed by atoms with Gasteiger partial charge in [-0.2, -0.15) is 0 Å². The molecular weight excluding hydrogens is 408 g/mol. The highest BCUT2D eigenvalue weighted by Gasteiger charge is 2.33. The molecule has 1 aliphatic carbocycles. The Morgan fingerprint density at radius 3 is 2.31 bits per heavy atom. The van der Waals surface area contributed by atoms with Gasteiger partial charge in [0.15, 0.2) is 0 Å². The van der Waals surface area contributed by atoms with Crippen molar-refractivity contribution in [2.75, 3.05) is 6.61 Å². The SMILES string of the molecule is CCCCCC(=CC=C1CC[C@@H](OC(C)=O)[C@@H]1CCCCCCC(=O)OCC)OC(C)=O. The van der Waals surface area contributed by atoms with Gasteiger partial charge in [-0.15, -0.1) is 0 Å². The smallest absolute Gasteiger partial charge is 0.307 e. The first-order valence-corrected chi connectivity index (χ1v) is 12.3. The molecule has 0 spiro atoms. The molecule has 0 heterocycles. The second-order valence-electron chi connectivity index (χ2n) is 8.48. The fourth-order valence-corrected chi connectivity index (χ4v) is 4.19. The van der Waals surface area contributed by atoms with Gasteiger partial charge in [0, 0.05) is 32.6 Å². The summed E-state index contributed by atoms with van der Waals surface area (Å²) in [6.07, 6.45) is 14.8. The Morgan fingerprint density at radius 2 is 1.66 bits per heavy atom. The molecule has 6 nitrogen and oxygen atoms in total. The first-order valence-electron chi connectivity index (χ1n) is 12.3. The van der Waals surface area contributed by atoms with E-state index < -0.39 is 0 Å². The Kier molecular flexibility index (Phi) is 14.4. The molecule has 0 aromatic heterocycles. The van der Waals surface area contributed by atoms with E-state index in [1.807, 2.05) is 13.0 Å². The Hall–Kier alpha value is -2.11. The van der Waals surface area contributed by atoms with E-state index in [0.29, 0.717) is 18.8 Å². The van der Waals surface area contributed by atoms with Gasteiger partial charge in [-0.25, -0.2) is 0 Å². The maximum absolute atomic E-state index is 11.6. The highest BCUT2D eigenvalue weighted by atomic mass is 16.5. The molecule has 0 N–H and O–H groups in total. The van der Waals surface area contributed by atoms with Crippen molar-refractivity contribution in [2.45, 2.75) is 111 Å². The number of hydrogen-bond acceptors (Lipinski definition) is 6. The molecule has 32 heavy (non-hydrogen) atoms. The predicted octanol–water partition coefficient (Wildman–Crippen LogP) is 6.19. The molecule has 1 fully saturated rings. The predicted molar refractivity (Wildman–Crippen MR) is 125 cm³/mol. The van der Waals surface area contributed by atoms with Crippen molar-refractivity contribution >= 4 is 17.9 Å². The van der Waals surface area contributed by atoms with E-state index in [9.17, 15) is 14.4 Å². The lowest BCUT2D eigenvalue weighted by atomic mass is 9.93. The molecule has 1 rings (SSSR count). The Balaban J connectivity index is 2.70. The molecule has 0 amide bonds. The van der Waals surface area contributed by atoms with Crippen LogP contribution in [0.1, 0.15) is 105 Å². The fraction of sp³-hybridized carbons (Fsp3) is 0.731. The lowest BCUT2D eigenvalue weighted by molar-refractivity contribution is -0.148. The normalized spacial score (nSPS) is 19.8. The minimum absolute atomic E-state index is 0.0936. The molecule has 0 unspecified atom stereocenters. The summed E-state index contributed by atoms with van der Waals surface area (Å²) >= 11 is 0. The summed E-state index contributed by atoms with van der Waals surface area (Å²) in [5, 5.41) is 0. The van der Waals surface area contributed by atoms with E-state index in [0.717, 1.165) is 70.6 Å². The van der Waals surface area contributed by atoms with E-state index in [2.05, 4.69) is 13.0 Å². The van der Waals surface area contributed by atoms with Crippen LogP contribution in [0.25, 0.3) is 0 Å². The van der Waals surface area contributed by atoms with Crippen LogP contribution in [0, 0.1) is 5.92 Å². The third-order valence-corrected chi connectivity index (χ3v) is 5.70. The van der Waals surface area contributed by atoms with Gasteiger partial charge in [0.2, 0.25) is 0 Å². The van der Waals surface area contributed by atoms with Crippen molar-refractivity contribution < 1.29 is 28.6 Å². The van der Waals surface area contributed by atoms with Gasteiger partial charge in [0.05, 0.1) is 6.61 Å². The average Bonchev–Trinajstić information content (AvgIpc) is 3.09. The summed E-state index contributed by atoms with van der Waals surface area (Å²) in [4.78, 5) is 34.5. The number of ether oxygens (including phenoxy) is 3. The molecule has 0 aliphatic heterocycles. The molecular formula is C26H42O6. The third kappa shape index (κ3) is 12.1. The second-order valence-corrected chi connectivity index (χ2v) is 8.48. The average molecular weight is 451 g/mol. The van der Waals surface area contributed by atoms with Crippen molar-refractivity contribution in [1.82, 2.24) is 0 Å². The molecule has 0 saturated heterocycles. The van der Waals surface area contributed by atoms with Gasteiger partial charge in [-0.05, 0) is 45.1 Å². The Bertz CT molecular complexity index is 649. The molecule has 0 aromatic rings. The monoisotopic (exact) mass is 450 g/mol.